The number of aromatic nitrogens is 2. The van der Waals surface area contributed by atoms with E-state index >= 15 is 0 Å². The smallest absolute Gasteiger partial charge is 0.0690 e. The van der Waals surface area contributed by atoms with Gasteiger partial charge in [0.2, 0.25) is 0 Å². The molecule has 0 aliphatic heterocycles. The quantitative estimate of drug-likeness (QED) is 0.684. The average molecular weight is 220 g/mol. The molecule has 1 heterocycles. The molecule has 0 fully saturated rings. The first-order valence-corrected chi connectivity index (χ1v) is 5.75. The molecule has 2 nitrogen and oxygen atoms in total. The fourth-order valence-electron chi connectivity index (χ4n) is 0.970. The van der Waals surface area contributed by atoms with E-state index in [4.69, 9.17) is 0 Å². The summed E-state index contributed by atoms with van der Waals surface area (Å²) in [7, 11) is 0. The number of nitrogens with zero attached hydrogens (tertiary/aromatic N) is 2. The van der Waals surface area contributed by atoms with Crippen LogP contribution in [-0.4, -0.2) is 9.78 Å². The summed E-state index contributed by atoms with van der Waals surface area (Å²) < 4.78 is 1.73. The second-order valence-electron chi connectivity index (χ2n) is 2.43. The van der Waals surface area contributed by atoms with Gasteiger partial charge in [0.05, 0.1) is 11.9 Å². The molecule has 0 radical (unpaired) electrons. The molecular weight excluding hydrogens is 196 g/mol. The van der Waals surface area contributed by atoms with Crippen LogP contribution in [0.25, 0.3) is 12.3 Å². The van der Waals surface area contributed by atoms with Crippen molar-refractivity contribution in [2.45, 2.75) is 34.6 Å². The molecule has 0 aromatic carbocycles. The van der Waals surface area contributed by atoms with Crippen LogP contribution in [0.15, 0.2) is 31.5 Å². The van der Waals surface area contributed by atoms with Crippen LogP contribution in [0.2, 0.25) is 0 Å². The van der Waals surface area contributed by atoms with Crippen LogP contribution in [0, 0.1) is 6.92 Å². The zero-order valence-electron chi connectivity index (χ0n) is 11.2. The Morgan fingerprint density at radius 3 is 2.19 bits per heavy atom. The Hall–Kier alpha value is -1.57. The first-order chi connectivity index (χ1) is 7.79. The van der Waals surface area contributed by atoms with E-state index in [0.717, 1.165) is 11.3 Å². The minimum absolute atomic E-state index is 1.05. The molecule has 0 saturated heterocycles. The fourth-order valence-corrected chi connectivity index (χ4v) is 0.970. The van der Waals surface area contributed by atoms with Crippen molar-refractivity contribution in [3.63, 3.8) is 0 Å². The van der Waals surface area contributed by atoms with Crippen molar-refractivity contribution >= 4 is 12.3 Å². The van der Waals surface area contributed by atoms with E-state index in [1.54, 1.807) is 17.0 Å². The van der Waals surface area contributed by atoms with Gasteiger partial charge < -0.3 is 0 Å². The minimum atomic E-state index is 1.05. The van der Waals surface area contributed by atoms with Crippen LogP contribution in [0.5, 0.6) is 0 Å². The van der Waals surface area contributed by atoms with Crippen LogP contribution < -0.4 is 0 Å². The Morgan fingerprint density at radius 1 is 1.19 bits per heavy atom. The zero-order valence-corrected chi connectivity index (χ0v) is 11.2. The van der Waals surface area contributed by atoms with Gasteiger partial charge in [-0.15, -0.1) is 0 Å². The van der Waals surface area contributed by atoms with Gasteiger partial charge in [-0.3, -0.25) is 0 Å². The SMILES string of the molecule is C=C/C=C\c1c(C)cnn1C=C.CC.CC. The highest BCUT2D eigenvalue weighted by molar-refractivity contribution is 5.53. The van der Waals surface area contributed by atoms with Gasteiger partial charge in [-0.1, -0.05) is 53.0 Å². The number of rotatable bonds is 3. The van der Waals surface area contributed by atoms with Crippen molar-refractivity contribution in [3.05, 3.63) is 42.8 Å². The van der Waals surface area contributed by atoms with E-state index in [-0.39, 0.29) is 0 Å². The van der Waals surface area contributed by atoms with E-state index in [1.807, 2.05) is 53.0 Å². The van der Waals surface area contributed by atoms with Crippen molar-refractivity contribution in [1.82, 2.24) is 9.78 Å². The van der Waals surface area contributed by atoms with E-state index in [9.17, 15) is 0 Å². The lowest BCUT2D eigenvalue weighted by Gasteiger charge is -1.95. The summed E-state index contributed by atoms with van der Waals surface area (Å²) >= 11 is 0. The maximum Gasteiger partial charge on any atom is 0.0690 e. The summed E-state index contributed by atoms with van der Waals surface area (Å²) in [5.74, 6) is 0. The highest BCUT2D eigenvalue weighted by Crippen LogP contribution is 2.09. The van der Waals surface area contributed by atoms with Crippen LogP contribution in [0.1, 0.15) is 39.0 Å². The number of allylic oxidation sites excluding steroid dienone is 2. The molecule has 0 amide bonds. The number of hydrogen-bond acceptors (Lipinski definition) is 1. The highest BCUT2D eigenvalue weighted by atomic mass is 15.3. The first-order valence-electron chi connectivity index (χ1n) is 5.75. The van der Waals surface area contributed by atoms with Crippen molar-refractivity contribution in [3.8, 4) is 0 Å². The van der Waals surface area contributed by atoms with Gasteiger partial charge in [0.15, 0.2) is 0 Å². The molecule has 0 N–H and O–H groups in total. The summed E-state index contributed by atoms with van der Waals surface area (Å²) in [5.41, 5.74) is 2.18. The highest BCUT2D eigenvalue weighted by Gasteiger charge is 1.99. The number of aryl methyl sites for hydroxylation is 1. The summed E-state index contributed by atoms with van der Waals surface area (Å²) in [6.07, 6.45) is 9.06. The molecule has 1 rings (SSSR count). The topological polar surface area (TPSA) is 17.8 Å². The van der Waals surface area contributed by atoms with Gasteiger partial charge >= 0.3 is 0 Å². The molecule has 2 heteroatoms. The Bertz CT molecular complexity index is 319. The average Bonchev–Trinajstić information content (AvgIpc) is 2.72. The van der Waals surface area contributed by atoms with E-state index in [1.165, 1.54) is 0 Å². The summed E-state index contributed by atoms with van der Waals surface area (Å²) in [5, 5.41) is 4.10. The lowest BCUT2D eigenvalue weighted by molar-refractivity contribution is 0.926. The van der Waals surface area contributed by atoms with E-state index in [0.29, 0.717) is 0 Å². The molecule has 0 bridgehead atoms. The lowest BCUT2D eigenvalue weighted by Crippen LogP contribution is -1.90. The van der Waals surface area contributed by atoms with Gasteiger partial charge in [0, 0.05) is 6.20 Å². The molecule has 16 heavy (non-hydrogen) atoms. The largest absolute Gasteiger partial charge is 0.241 e. The van der Waals surface area contributed by atoms with Gasteiger partial charge in [-0.05, 0) is 18.6 Å². The van der Waals surface area contributed by atoms with E-state index in [2.05, 4.69) is 18.3 Å². The third-order valence-corrected chi connectivity index (χ3v) is 1.59. The predicted octanol–water partition coefficient (Wildman–Crippen LogP) is 4.54. The standard InChI is InChI=1S/C10H12N2.2C2H6/c1-4-6-7-10-9(3)8-11-12(10)5-2;2*1-2/h4-8H,1-2H2,3H3;2*1-2H3/b7-6-;;. The molecule has 0 aliphatic carbocycles. The van der Waals surface area contributed by atoms with Gasteiger partial charge in [-0.25, -0.2) is 4.68 Å². The molecular formula is C14H24N2. The predicted molar refractivity (Wildman–Crippen MR) is 75.3 cm³/mol. The van der Waals surface area contributed by atoms with Gasteiger partial charge in [-0.2, -0.15) is 5.10 Å². The Morgan fingerprint density at radius 2 is 1.75 bits per heavy atom. The molecule has 1 aromatic rings. The van der Waals surface area contributed by atoms with Gasteiger partial charge in [0.25, 0.3) is 0 Å². The second kappa shape index (κ2) is 11.5. The minimum Gasteiger partial charge on any atom is -0.241 e. The molecule has 0 saturated carbocycles. The second-order valence-corrected chi connectivity index (χ2v) is 2.43. The Labute approximate surface area is 100.0 Å². The van der Waals surface area contributed by atoms with Crippen molar-refractivity contribution in [2.75, 3.05) is 0 Å². The molecule has 0 atom stereocenters. The summed E-state index contributed by atoms with van der Waals surface area (Å²) in [4.78, 5) is 0. The van der Waals surface area contributed by atoms with Gasteiger partial charge in [0.1, 0.15) is 0 Å². The van der Waals surface area contributed by atoms with Crippen molar-refractivity contribution in [2.24, 2.45) is 0 Å². The van der Waals surface area contributed by atoms with Crippen molar-refractivity contribution < 1.29 is 0 Å². The molecule has 0 unspecified atom stereocenters. The Kier molecular flexibility index (Phi) is 12.1. The maximum atomic E-state index is 4.10. The third-order valence-electron chi connectivity index (χ3n) is 1.59. The monoisotopic (exact) mass is 220 g/mol. The third kappa shape index (κ3) is 5.35. The number of hydrogen-bond donors (Lipinski definition) is 0. The lowest BCUT2D eigenvalue weighted by atomic mass is 10.2. The molecule has 0 aliphatic rings. The van der Waals surface area contributed by atoms with Crippen LogP contribution >= 0.6 is 0 Å². The Balaban J connectivity index is 0. The zero-order chi connectivity index (χ0) is 13.0. The normalized spacial score (nSPS) is 8.56. The van der Waals surface area contributed by atoms with E-state index < -0.39 is 0 Å². The van der Waals surface area contributed by atoms with Crippen molar-refractivity contribution in [1.29, 1.82) is 0 Å². The molecule has 1 aromatic heterocycles. The summed E-state index contributed by atoms with van der Waals surface area (Å²) in [6.45, 7) is 17.3. The fraction of sp³-hybridized carbons (Fsp3) is 0.357. The summed E-state index contributed by atoms with van der Waals surface area (Å²) in [6, 6.07) is 0. The molecule has 0 spiro atoms. The van der Waals surface area contributed by atoms with Crippen LogP contribution in [-0.2, 0) is 0 Å². The maximum absolute atomic E-state index is 4.10. The van der Waals surface area contributed by atoms with Crippen LogP contribution in [0.4, 0.5) is 0 Å². The molecule has 90 valence electrons. The van der Waals surface area contributed by atoms with Crippen LogP contribution in [0.3, 0.4) is 0 Å². The first kappa shape index (κ1) is 16.8.